The SMILES string of the molecule is CC(C)N(CC(F)(F)F)C(=O)NCC(F)(F)F. The number of alkyl halides is 6. The van der Waals surface area contributed by atoms with E-state index < -0.39 is 37.5 Å². The van der Waals surface area contributed by atoms with Crippen LogP contribution in [0.25, 0.3) is 0 Å². The van der Waals surface area contributed by atoms with Crippen LogP contribution >= 0.6 is 0 Å². The van der Waals surface area contributed by atoms with Gasteiger partial charge in [-0.25, -0.2) is 4.79 Å². The van der Waals surface area contributed by atoms with Gasteiger partial charge in [0, 0.05) is 6.04 Å². The number of rotatable bonds is 3. The number of amides is 2. The van der Waals surface area contributed by atoms with Crippen molar-refractivity contribution in [3.63, 3.8) is 0 Å². The van der Waals surface area contributed by atoms with Crippen molar-refractivity contribution in [1.29, 1.82) is 0 Å². The molecule has 0 heterocycles. The van der Waals surface area contributed by atoms with Gasteiger partial charge in [-0.15, -0.1) is 0 Å². The molecule has 0 saturated carbocycles. The monoisotopic (exact) mass is 266 g/mol. The molecular weight excluding hydrogens is 254 g/mol. The number of nitrogens with zero attached hydrogens (tertiary/aromatic N) is 1. The zero-order valence-electron chi connectivity index (χ0n) is 9.11. The number of hydrogen-bond donors (Lipinski definition) is 1. The van der Waals surface area contributed by atoms with E-state index in [4.69, 9.17) is 0 Å². The molecule has 0 aliphatic carbocycles. The van der Waals surface area contributed by atoms with Crippen molar-refractivity contribution < 1.29 is 31.1 Å². The van der Waals surface area contributed by atoms with E-state index in [1.54, 1.807) is 0 Å². The maximum atomic E-state index is 12.1. The number of carbonyl (C=O) groups is 1. The highest BCUT2D eigenvalue weighted by atomic mass is 19.4. The summed E-state index contributed by atoms with van der Waals surface area (Å²) in [6.45, 7) is -0.695. The average Bonchev–Trinajstić information content (AvgIpc) is 2.07. The van der Waals surface area contributed by atoms with Gasteiger partial charge in [-0.3, -0.25) is 0 Å². The third-order valence-corrected chi connectivity index (χ3v) is 1.67. The van der Waals surface area contributed by atoms with Crippen molar-refractivity contribution in [2.45, 2.75) is 32.2 Å². The van der Waals surface area contributed by atoms with Crippen molar-refractivity contribution >= 4 is 6.03 Å². The Balaban J connectivity index is 4.47. The number of carbonyl (C=O) groups excluding carboxylic acids is 1. The summed E-state index contributed by atoms with van der Waals surface area (Å²) in [7, 11) is 0. The van der Waals surface area contributed by atoms with Crippen molar-refractivity contribution in [3.05, 3.63) is 0 Å². The van der Waals surface area contributed by atoms with Crippen LogP contribution < -0.4 is 5.32 Å². The predicted molar refractivity (Wildman–Crippen MR) is 47.4 cm³/mol. The van der Waals surface area contributed by atoms with Crippen molar-refractivity contribution in [2.75, 3.05) is 13.1 Å². The fourth-order valence-corrected chi connectivity index (χ4v) is 0.959. The molecular formula is C8H12F6N2O. The molecule has 1 N–H and O–H groups in total. The number of halogens is 6. The summed E-state index contributed by atoms with van der Waals surface area (Å²) in [4.78, 5) is 11.4. The van der Waals surface area contributed by atoms with E-state index in [1.165, 1.54) is 19.2 Å². The molecule has 0 aliphatic rings. The zero-order valence-corrected chi connectivity index (χ0v) is 9.11. The molecule has 0 saturated heterocycles. The Morgan fingerprint density at radius 1 is 1.12 bits per heavy atom. The Bertz CT molecular complexity index is 260. The maximum Gasteiger partial charge on any atom is 0.406 e. The minimum atomic E-state index is -4.66. The Labute approximate surface area is 93.8 Å². The lowest BCUT2D eigenvalue weighted by Crippen LogP contribution is -2.50. The van der Waals surface area contributed by atoms with E-state index in [9.17, 15) is 31.1 Å². The van der Waals surface area contributed by atoms with Crippen molar-refractivity contribution in [3.8, 4) is 0 Å². The van der Waals surface area contributed by atoms with Crippen molar-refractivity contribution in [2.24, 2.45) is 0 Å². The fourth-order valence-electron chi connectivity index (χ4n) is 0.959. The zero-order chi connectivity index (χ0) is 13.9. The summed E-state index contributed by atoms with van der Waals surface area (Å²) in [5, 5.41) is 1.39. The van der Waals surface area contributed by atoms with Gasteiger partial charge in [0.25, 0.3) is 0 Å². The van der Waals surface area contributed by atoms with Crippen LogP contribution in [0.15, 0.2) is 0 Å². The summed E-state index contributed by atoms with van der Waals surface area (Å²) >= 11 is 0. The van der Waals surface area contributed by atoms with Gasteiger partial charge in [0.15, 0.2) is 0 Å². The van der Waals surface area contributed by atoms with Crippen LogP contribution in [0.4, 0.5) is 31.1 Å². The second-order valence-corrected chi connectivity index (χ2v) is 3.61. The molecule has 0 rings (SSSR count). The second kappa shape index (κ2) is 5.46. The first-order valence-electron chi connectivity index (χ1n) is 4.60. The Morgan fingerprint density at radius 2 is 1.59 bits per heavy atom. The smallest absolute Gasteiger partial charge is 0.329 e. The topological polar surface area (TPSA) is 32.3 Å². The minimum Gasteiger partial charge on any atom is -0.329 e. The lowest BCUT2D eigenvalue weighted by molar-refractivity contribution is -0.143. The summed E-state index contributed by atoms with van der Waals surface area (Å²) in [6.07, 6.45) is -9.31. The van der Waals surface area contributed by atoms with Gasteiger partial charge >= 0.3 is 18.4 Å². The van der Waals surface area contributed by atoms with Crippen LogP contribution in [0.1, 0.15) is 13.8 Å². The van der Waals surface area contributed by atoms with Crippen LogP contribution in [0.3, 0.4) is 0 Å². The molecule has 0 aliphatic heterocycles. The van der Waals surface area contributed by atoms with Gasteiger partial charge in [-0.2, -0.15) is 26.3 Å². The van der Waals surface area contributed by atoms with Crippen LogP contribution in [-0.4, -0.2) is 42.4 Å². The molecule has 0 aromatic rings. The molecule has 0 radical (unpaired) electrons. The van der Waals surface area contributed by atoms with E-state index in [0.29, 0.717) is 0 Å². The van der Waals surface area contributed by atoms with Crippen LogP contribution in [-0.2, 0) is 0 Å². The van der Waals surface area contributed by atoms with Gasteiger partial charge in [0.2, 0.25) is 0 Å². The molecule has 9 heteroatoms. The Kier molecular flexibility index (Phi) is 5.09. The van der Waals surface area contributed by atoms with Crippen LogP contribution in [0.2, 0.25) is 0 Å². The van der Waals surface area contributed by atoms with Gasteiger partial charge in [-0.05, 0) is 13.8 Å². The molecule has 0 aromatic heterocycles. The standard InChI is InChI=1S/C8H12F6N2O/c1-5(2)16(4-8(12,13)14)6(17)15-3-7(9,10)11/h5H,3-4H2,1-2H3,(H,15,17). The molecule has 3 nitrogen and oxygen atoms in total. The normalized spacial score (nSPS) is 12.8. The minimum absolute atomic E-state index is 0.283. The molecule has 0 fully saturated rings. The Morgan fingerprint density at radius 3 is 1.88 bits per heavy atom. The maximum absolute atomic E-state index is 12.1. The van der Waals surface area contributed by atoms with E-state index in [-0.39, 0.29) is 4.90 Å². The average molecular weight is 266 g/mol. The predicted octanol–water partition coefficient (Wildman–Crippen LogP) is 2.53. The van der Waals surface area contributed by atoms with Gasteiger partial charge in [0.1, 0.15) is 13.1 Å². The molecule has 0 atom stereocenters. The highest BCUT2D eigenvalue weighted by molar-refractivity contribution is 5.74. The summed E-state index contributed by atoms with van der Waals surface area (Å²) in [5.41, 5.74) is 0. The number of nitrogens with one attached hydrogen (secondary N) is 1. The van der Waals surface area contributed by atoms with E-state index in [0.717, 1.165) is 0 Å². The highest BCUT2D eigenvalue weighted by Gasteiger charge is 2.35. The lowest BCUT2D eigenvalue weighted by atomic mass is 10.3. The second-order valence-electron chi connectivity index (χ2n) is 3.61. The molecule has 0 bridgehead atoms. The van der Waals surface area contributed by atoms with Crippen molar-refractivity contribution in [1.82, 2.24) is 10.2 Å². The molecule has 17 heavy (non-hydrogen) atoms. The highest BCUT2D eigenvalue weighted by Crippen LogP contribution is 2.18. The van der Waals surface area contributed by atoms with E-state index in [2.05, 4.69) is 0 Å². The quantitative estimate of drug-likeness (QED) is 0.782. The van der Waals surface area contributed by atoms with E-state index in [1.807, 2.05) is 0 Å². The molecule has 0 spiro atoms. The van der Waals surface area contributed by atoms with E-state index >= 15 is 0 Å². The molecule has 2 amide bonds. The number of urea groups is 1. The largest absolute Gasteiger partial charge is 0.406 e. The lowest BCUT2D eigenvalue weighted by Gasteiger charge is -2.28. The van der Waals surface area contributed by atoms with Gasteiger partial charge < -0.3 is 10.2 Å². The third kappa shape index (κ3) is 7.70. The fraction of sp³-hybridized carbons (Fsp3) is 0.875. The van der Waals surface area contributed by atoms with Crippen LogP contribution in [0, 0.1) is 0 Å². The first-order chi connectivity index (χ1) is 7.42. The first-order valence-corrected chi connectivity index (χ1v) is 4.60. The molecule has 102 valence electrons. The third-order valence-electron chi connectivity index (χ3n) is 1.67. The molecule has 0 aromatic carbocycles. The summed E-state index contributed by atoms with van der Waals surface area (Å²) in [5.74, 6) is 0. The van der Waals surface area contributed by atoms with Crippen LogP contribution in [0.5, 0.6) is 0 Å². The summed E-state index contributed by atoms with van der Waals surface area (Å²) < 4.78 is 71.5. The molecule has 0 unspecified atom stereocenters. The Hall–Kier alpha value is -1.15. The van der Waals surface area contributed by atoms with Gasteiger partial charge in [-0.1, -0.05) is 0 Å². The first kappa shape index (κ1) is 15.9. The van der Waals surface area contributed by atoms with Gasteiger partial charge in [0.05, 0.1) is 0 Å². The number of hydrogen-bond acceptors (Lipinski definition) is 1. The summed E-state index contributed by atoms with van der Waals surface area (Å²) in [6, 6.07) is -2.25.